The molecule has 3 unspecified atom stereocenters. The van der Waals surface area contributed by atoms with Crippen LogP contribution in [0.1, 0.15) is 51.7 Å². The highest BCUT2D eigenvalue weighted by molar-refractivity contribution is 5.09. The molecule has 0 aliphatic heterocycles. The van der Waals surface area contributed by atoms with E-state index in [1.54, 1.807) is 0 Å². The summed E-state index contributed by atoms with van der Waals surface area (Å²) in [5.41, 5.74) is 0. The SMILES string of the molecule is CCC(C)C(C)NC(C)c1ccc(C)o1. The third-order valence-corrected chi connectivity index (χ3v) is 3.20. The Morgan fingerprint density at radius 1 is 1.27 bits per heavy atom. The van der Waals surface area contributed by atoms with E-state index in [4.69, 9.17) is 4.42 Å². The van der Waals surface area contributed by atoms with Crippen LogP contribution >= 0.6 is 0 Å². The van der Waals surface area contributed by atoms with Crippen LogP contribution < -0.4 is 5.32 Å². The van der Waals surface area contributed by atoms with Crippen molar-refractivity contribution in [2.24, 2.45) is 5.92 Å². The van der Waals surface area contributed by atoms with Crippen molar-refractivity contribution in [1.29, 1.82) is 0 Å². The summed E-state index contributed by atoms with van der Waals surface area (Å²) < 4.78 is 5.60. The predicted octanol–water partition coefficient (Wildman–Crippen LogP) is 3.67. The summed E-state index contributed by atoms with van der Waals surface area (Å²) in [6.07, 6.45) is 1.21. The first-order chi connectivity index (χ1) is 7.04. The van der Waals surface area contributed by atoms with Crippen molar-refractivity contribution >= 4 is 0 Å². The average Bonchev–Trinajstić information content (AvgIpc) is 2.63. The molecule has 0 spiro atoms. The minimum Gasteiger partial charge on any atom is -0.465 e. The molecule has 1 aromatic heterocycles. The van der Waals surface area contributed by atoms with Gasteiger partial charge in [-0.1, -0.05) is 20.3 Å². The Morgan fingerprint density at radius 2 is 1.93 bits per heavy atom. The number of furan rings is 1. The number of hydrogen-bond donors (Lipinski definition) is 1. The Balaban J connectivity index is 2.52. The summed E-state index contributed by atoms with van der Waals surface area (Å²) in [4.78, 5) is 0. The van der Waals surface area contributed by atoms with Crippen LogP contribution in [-0.2, 0) is 0 Å². The molecule has 0 aliphatic rings. The third kappa shape index (κ3) is 3.38. The van der Waals surface area contributed by atoms with Crippen molar-refractivity contribution in [3.63, 3.8) is 0 Å². The molecule has 2 nitrogen and oxygen atoms in total. The van der Waals surface area contributed by atoms with E-state index in [9.17, 15) is 0 Å². The molecule has 0 fully saturated rings. The maximum Gasteiger partial charge on any atom is 0.120 e. The van der Waals surface area contributed by atoms with Crippen LogP contribution in [0, 0.1) is 12.8 Å². The third-order valence-electron chi connectivity index (χ3n) is 3.20. The van der Waals surface area contributed by atoms with Crippen LogP contribution in [0.5, 0.6) is 0 Å². The van der Waals surface area contributed by atoms with Gasteiger partial charge in [0.2, 0.25) is 0 Å². The lowest BCUT2D eigenvalue weighted by Crippen LogP contribution is -2.33. The fourth-order valence-electron chi connectivity index (χ4n) is 1.68. The number of hydrogen-bond acceptors (Lipinski definition) is 2. The van der Waals surface area contributed by atoms with Gasteiger partial charge in [0.1, 0.15) is 11.5 Å². The molecule has 0 aliphatic carbocycles. The summed E-state index contributed by atoms with van der Waals surface area (Å²) in [6.45, 7) is 10.9. The second-order valence-corrected chi connectivity index (χ2v) is 4.51. The first-order valence-corrected chi connectivity index (χ1v) is 5.87. The van der Waals surface area contributed by atoms with Gasteiger partial charge in [-0.05, 0) is 38.8 Å². The van der Waals surface area contributed by atoms with E-state index in [1.807, 2.05) is 13.0 Å². The monoisotopic (exact) mass is 209 g/mol. The molecule has 1 rings (SSSR count). The van der Waals surface area contributed by atoms with Gasteiger partial charge < -0.3 is 9.73 Å². The second kappa shape index (κ2) is 5.36. The highest BCUT2D eigenvalue weighted by atomic mass is 16.3. The zero-order valence-electron chi connectivity index (χ0n) is 10.5. The van der Waals surface area contributed by atoms with Crippen LogP contribution in [0.3, 0.4) is 0 Å². The zero-order valence-corrected chi connectivity index (χ0v) is 10.5. The van der Waals surface area contributed by atoms with Gasteiger partial charge in [0.25, 0.3) is 0 Å². The summed E-state index contributed by atoms with van der Waals surface area (Å²) >= 11 is 0. The molecule has 86 valence electrons. The zero-order chi connectivity index (χ0) is 11.4. The Labute approximate surface area is 93.1 Å². The van der Waals surface area contributed by atoms with Crippen molar-refractivity contribution in [1.82, 2.24) is 5.32 Å². The van der Waals surface area contributed by atoms with E-state index < -0.39 is 0 Å². The van der Waals surface area contributed by atoms with Crippen LogP contribution in [0.25, 0.3) is 0 Å². The number of nitrogens with one attached hydrogen (secondary N) is 1. The number of aryl methyl sites for hydroxylation is 1. The molecular weight excluding hydrogens is 186 g/mol. The van der Waals surface area contributed by atoms with Crippen LogP contribution in [0.15, 0.2) is 16.5 Å². The summed E-state index contributed by atoms with van der Waals surface area (Å²) in [6, 6.07) is 4.88. The highest BCUT2D eigenvalue weighted by Crippen LogP contribution is 2.18. The molecule has 15 heavy (non-hydrogen) atoms. The average molecular weight is 209 g/mol. The fourth-order valence-corrected chi connectivity index (χ4v) is 1.68. The smallest absolute Gasteiger partial charge is 0.120 e. The summed E-state index contributed by atoms with van der Waals surface area (Å²) in [5.74, 6) is 2.71. The minimum atomic E-state index is 0.294. The van der Waals surface area contributed by atoms with E-state index >= 15 is 0 Å². The van der Waals surface area contributed by atoms with Gasteiger partial charge in [0, 0.05) is 6.04 Å². The van der Waals surface area contributed by atoms with Crippen LogP contribution in [-0.4, -0.2) is 6.04 Å². The lowest BCUT2D eigenvalue weighted by molar-refractivity contribution is 0.329. The maximum atomic E-state index is 5.60. The normalized spacial score (nSPS) is 17.4. The van der Waals surface area contributed by atoms with E-state index in [0.717, 1.165) is 11.5 Å². The Hall–Kier alpha value is -0.760. The molecule has 0 saturated carbocycles. The lowest BCUT2D eigenvalue weighted by Gasteiger charge is -2.23. The van der Waals surface area contributed by atoms with Gasteiger partial charge in [-0.25, -0.2) is 0 Å². The molecule has 0 aromatic carbocycles. The van der Waals surface area contributed by atoms with Gasteiger partial charge in [-0.2, -0.15) is 0 Å². The fraction of sp³-hybridized carbons (Fsp3) is 0.692. The van der Waals surface area contributed by atoms with Gasteiger partial charge in [0.05, 0.1) is 6.04 Å². The highest BCUT2D eigenvalue weighted by Gasteiger charge is 2.15. The Kier molecular flexibility index (Phi) is 4.40. The molecule has 0 radical (unpaired) electrons. The lowest BCUT2D eigenvalue weighted by atomic mass is 10.00. The molecule has 0 amide bonds. The molecule has 1 aromatic rings. The molecule has 1 heterocycles. The first kappa shape index (κ1) is 12.3. The van der Waals surface area contributed by atoms with Crippen molar-refractivity contribution in [2.75, 3.05) is 0 Å². The van der Waals surface area contributed by atoms with E-state index in [1.165, 1.54) is 6.42 Å². The topological polar surface area (TPSA) is 25.2 Å². The molecule has 0 bridgehead atoms. The quantitative estimate of drug-likeness (QED) is 0.800. The minimum absolute atomic E-state index is 0.294. The largest absolute Gasteiger partial charge is 0.465 e. The van der Waals surface area contributed by atoms with Gasteiger partial charge in [-0.3, -0.25) is 0 Å². The first-order valence-electron chi connectivity index (χ1n) is 5.87. The van der Waals surface area contributed by atoms with E-state index in [-0.39, 0.29) is 0 Å². The molecule has 2 heteroatoms. The van der Waals surface area contributed by atoms with Gasteiger partial charge >= 0.3 is 0 Å². The van der Waals surface area contributed by atoms with E-state index in [2.05, 4.69) is 39.1 Å². The summed E-state index contributed by atoms with van der Waals surface area (Å²) in [7, 11) is 0. The van der Waals surface area contributed by atoms with Crippen LogP contribution in [0.4, 0.5) is 0 Å². The second-order valence-electron chi connectivity index (χ2n) is 4.51. The van der Waals surface area contributed by atoms with E-state index in [0.29, 0.717) is 18.0 Å². The molecule has 3 atom stereocenters. The van der Waals surface area contributed by atoms with Gasteiger partial charge in [0.15, 0.2) is 0 Å². The Morgan fingerprint density at radius 3 is 2.40 bits per heavy atom. The maximum absolute atomic E-state index is 5.60. The number of rotatable bonds is 5. The standard InChI is InChI=1S/C13H23NO/c1-6-9(2)11(4)14-12(5)13-8-7-10(3)15-13/h7-9,11-12,14H,6H2,1-5H3. The molecule has 0 saturated heterocycles. The van der Waals surface area contributed by atoms with Crippen molar-refractivity contribution < 1.29 is 4.42 Å². The summed E-state index contributed by atoms with van der Waals surface area (Å²) in [5, 5.41) is 3.57. The van der Waals surface area contributed by atoms with Crippen molar-refractivity contribution in [3.8, 4) is 0 Å². The van der Waals surface area contributed by atoms with Gasteiger partial charge in [-0.15, -0.1) is 0 Å². The molecular formula is C13H23NO. The van der Waals surface area contributed by atoms with Crippen molar-refractivity contribution in [2.45, 2.75) is 53.1 Å². The van der Waals surface area contributed by atoms with Crippen LogP contribution in [0.2, 0.25) is 0 Å². The molecule has 1 N–H and O–H groups in total. The predicted molar refractivity (Wildman–Crippen MR) is 63.9 cm³/mol. The Bertz CT molecular complexity index is 292. The van der Waals surface area contributed by atoms with Crippen molar-refractivity contribution in [3.05, 3.63) is 23.7 Å².